The van der Waals surface area contributed by atoms with Gasteiger partial charge in [0, 0.05) is 12.5 Å². The summed E-state index contributed by atoms with van der Waals surface area (Å²) in [6.45, 7) is 2.02. The molecule has 0 bridgehead atoms. The lowest BCUT2D eigenvalue weighted by Crippen LogP contribution is -2.44. The molecule has 2 fully saturated rings. The lowest BCUT2D eigenvalue weighted by atomic mass is 9.67. The topological polar surface area (TPSA) is 12.0 Å². The monoisotopic (exact) mass is 251 g/mol. The van der Waals surface area contributed by atoms with E-state index in [4.69, 9.17) is 0 Å². The molecule has 1 N–H and O–H groups in total. The molecule has 0 radical (unpaired) electrons. The third-order valence-electron chi connectivity index (χ3n) is 4.30. The van der Waals surface area contributed by atoms with Crippen molar-refractivity contribution in [1.82, 2.24) is 5.32 Å². The molecule has 2 heterocycles. The number of hydrogen-bond donors (Lipinski definition) is 1. The molecule has 2 aliphatic rings. The SMILES string of the molecule is Fc1ccccc1C1CNCCC12CCSC2. The Labute approximate surface area is 106 Å². The number of hydrogen-bond acceptors (Lipinski definition) is 2. The van der Waals surface area contributed by atoms with Crippen molar-refractivity contribution in [2.45, 2.75) is 18.8 Å². The minimum atomic E-state index is -0.0301. The van der Waals surface area contributed by atoms with E-state index in [0.717, 1.165) is 18.7 Å². The minimum Gasteiger partial charge on any atom is -0.316 e. The van der Waals surface area contributed by atoms with Crippen molar-refractivity contribution in [3.05, 3.63) is 35.6 Å². The van der Waals surface area contributed by atoms with Crippen molar-refractivity contribution >= 4 is 11.8 Å². The first-order valence-corrected chi connectivity index (χ1v) is 7.50. The fraction of sp³-hybridized carbons (Fsp3) is 0.571. The van der Waals surface area contributed by atoms with Crippen LogP contribution in [0.2, 0.25) is 0 Å². The third-order valence-corrected chi connectivity index (χ3v) is 5.57. The van der Waals surface area contributed by atoms with Crippen molar-refractivity contribution in [2.75, 3.05) is 24.6 Å². The molecule has 1 spiro atoms. The maximum Gasteiger partial charge on any atom is 0.126 e. The first-order valence-electron chi connectivity index (χ1n) is 6.35. The molecule has 1 aromatic rings. The van der Waals surface area contributed by atoms with Gasteiger partial charge >= 0.3 is 0 Å². The zero-order valence-electron chi connectivity index (χ0n) is 9.92. The fourth-order valence-corrected chi connectivity index (χ4v) is 4.86. The van der Waals surface area contributed by atoms with Crippen molar-refractivity contribution in [3.63, 3.8) is 0 Å². The molecule has 0 aromatic heterocycles. The molecule has 3 rings (SSSR count). The van der Waals surface area contributed by atoms with Gasteiger partial charge in [-0.15, -0.1) is 0 Å². The van der Waals surface area contributed by atoms with Gasteiger partial charge in [0.1, 0.15) is 5.82 Å². The third kappa shape index (κ3) is 2.00. The standard InChI is InChI=1S/C14H18FNS/c15-13-4-2-1-3-11(13)12-9-16-7-5-14(12)6-8-17-10-14/h1-4,12,16H,5-10H2. The lowest BCUT2D eigenvalue weighted by molar-refractivity contribution is 0.193. The highest BCUT2D eigenvalue weighted by molar-refractivity contribution is 7.99. The Bertz CT molecular complexity index is 401. The second-order valence-electron chi connectivity index (χ2n) is 5.19. The second-order valence-corrected chi connectivity index (χ2v) is 6.30. The summed E-state index contributed by atoms with van der Waals surface area (Å²) in [6.07, 6.45) is 2.44. The van der Waals surface area contributed by atoms with Gasteiger partial charge in [-0.1, -0.05) is 18.2 Å². The Hall–Kier alpha value is -0.540. The molecular weight excluding hydrogens is 233 g/mol. The van der Waals surface area contributed by atoms with Gasteiger partial charge in [-0.05, 0) is 47.9 Å². The van der Waals surface area contributed by atoms with E-state index in [9.17, 15) is 4.39 Å². The molecule has 2 unspecified atom stereocenters. The fourth-order valence-electron chi connectivity index (χ4n) is 3.27. The number of piperidine rings is 1. The molecule has 3 heteroatoms. The molecule has 2 saturated heterocycles. The van der Waals surface area contributed by atoms with Crippen molar-refractivity contribution in [2.24, 2.45) is 5.41 Å². The molecule has 2 aliphatic heterocycles. The zero-order valence-corrected chi connectivity index (χ0v) is 10.7. The average molecular weight is 251 g/mol. The highest BCUT2D eigenvalue weighted by Crippen LogP contribution is 2.50. The van der Waals surface area contributed by atoms with Crippen molar-refractivity contribution < 1.29 is 4.39 Å². The van der Waals surface area contributed by atoms with Crippen LogP contribution in [0.5, 0.6) is 0 Å². The van der Waals surface area contributed by atoms with E-state index in [1.54, 1.807) is 12.1 Å². The largest absolute Gasteiger partial charge is 0.316 e. The Morgan fingerprint density at radius 2 is 2.18 bits per heavy atom. The summed E-state index contributed by atoms with van der Waals surface area (Å²) in [4.78, 5) is 0. The van der Waals surface area contributed by atoms with Crippen molar-refractivity contribution in [1.29, 1.82) is 0 Å². The highest BCUT2D eigenvalue weighted by atomic mass is 32.2. The smallest absolute Gasteiger partial charge is 0.126 e. The Kier molecular flexibility index (Phi) is 3.14. The summed E-state index contributed by atoms with van der Waals surface area (Å²) >= 11 is 2.03. The van der Waals surface area contributed by atoms with Crippen LogP contribution in [0.25, 0.3) is 0 Å². The first-order chi connectivity index (χ1) is 8.32. The van der Waals surface area contributed by atoms with Gasteiger partial charge in [-0.25, -0.2) is 4.39 Å². The maximum absolute atomic E-state index is 14.0. The predicted octanol–water partition coefficient (Wildman–Crippen LogP) is 3.03. The van der Waals surface area contributed by atoms with Crippen LogP contribution in [-0.2, 0) is 0 Å². The summed E-state index contributed by atoms with van der Waals surface area (Å²) in [6, 6.07) is 7.31. The van der Waals surface area contributed by atoms with Crippen LogP contribution in [0.3, 0.4) is 0 Å². The summed E-state index contributed by atoms with van der Waals surface area (Å²) in [5, 5.41) is 3.44. The van der Waals surface area contributed by atoms with Crippen LogP contribution in [0.1, 0.15) is 24.3 Å². The molecule has 17 heavy (non-hydrogen) atoms. The van der Waals surface area contributed by atoms with Gasteiger partial charge < -0.3 is 5.32 Å². The van der Waals surface area contributed by atoms with E-state index in [2.05, 4.69) is 5.32 Å². The van der Waals surface area contributed by atoms with Crippen molar-refractivity contribution in [3.8, 4) is 0 Å². The normalized spacial score (nSPS) is 33.1. The summed E-state index contributed by atoms with van der Waals surface area (Å²) in [7, 11) is 0. The molecule has 0 aliphatic carbocycles. The van der Waals surface area contributed by atoms with Crippen LogP contribution in [-0.4, -0.2) is 24.6 Å². The van der Waals surface area contributed by atoms with E-state index in [1.807, 2.05) is 23.9 Å². The average Bonchev–Trinajstić information content (AvgIpc) is 2.80. The number of thioether (sulfide) groups is 1. The number of nitrogens with one attached hydrogen (secondary N) is 1. The summed E-state index contributed by atoms with van der Waals surface area (Å²) in [5.74, 6) is 2.77. The molecule has 0 amide bonds. The molecule has 1 nitrogen and oxygen atoms in total. The summed E-state index contributed by atoms with van der Waals surface area (Å²) in [5.41, 5.74) is 1.26. The molecule has 1 aromatic carbocycles. The van der Waals surface area contributed by atoms with Gasteiger partial charge in [-0.3, -0.25) is 0 Å². The molecule has 0 saturated carbocycles. The van der Waals surface area contributed by atoms with Gasteiger partial charge in [0.15, 0.2) is 0 Å². The van der Waals surface area contributed by atoms with E-state index in [1.165, 1.54) is 24.3 Å². The van der Waals surface area contributed by atoms with Gasteiger partial charge in [0.05, 0.1) is 0 Å². The summed E-state index contributed by atoms with van der Waals surface area (Å²) < 4.78 is 14.0. The van der Waals surface area contributed by atoms with Crippen LogP contribution in [0.4, 0.5) is 4.39 Å². The maximum atomic E-state index is 14.0. The van der Waals surface area contributed by atoms with E-state index in [-0.39, 0.29) is 5.82 Å². The van der Waals surface area contributed by atoms with Crippen LogP contribution in [0, 0.1) is 11.2 Å². The molecule has 2 atom stereocenters. The Balaban J connectivity index is 1.97. The van der Waals surface area contributed by atoms with Crippen LogP contribution >= 0.6 is 11.8 Å². The highest BCUT2D eigenvalue weighted by Gasteiger charge is 2.44. The van der Waals surface area contributed by atoms with E-state index < -0.39 is 0 Å². The lowest BCUT2D eigenvalue weighted by Gasteiger charge is -2.41. The van der Waals surface area contributed by atoms with Crippen LogP contribution < -0.4 is 5.32 Å². The minimum absolute atomic E-state index is 0.0301. The predicted molar refractivity (Wildman–Crippen MR) is 71.0 cm³/mol. The van der Waals surface area contributed by atoms with E-state index >= 15 is 0 Å². The Morgan fingerprint density at radius 1 is 1.29 bits per heavy atom. The zero-order chi connectivity index (χ0) is 11.7. The quantitative estimate of drug-likeness (QED) is 0.823. The number of rotatable bonds is 1. The Morgan fingerprint density at radius 3 is 2.94 bits per heavy atom. The first kappa shape index (κ1) is 11.5. The number of halogens is 1. The molecule has 92 valence electrons. The van der Waals surface area contributed by atoms with Crippen LogP contribution in [0.15, 0.2) is 24.3 Å². The second kappa shape index (κ2) is 4.62. The van der Waals surface area contributed by atoms with E-state index in [0.29, 0.717) is 11.3 Å². The van der Waals surface area contributed by atoms with Gasteiger partial charge in [-0.2, -0.15) is 11.8 Å². The number of benzene rings is 1. The molecular formula is C14H18FNS. The van der Waals surface area contributed by atoms with Gasteiger partial charge in [0.2, 0.25) is 0 Å². The van der Waals surface area contributed by atoms with Gasteiger partial charge in [0.25, 0.3) is 0 Å².